The molecule has 0 aromatic heterocycles. The lowest BCUT2D eigenvalue weighted by atomic mass is 10.00. The molecule has 3 aliphatic heterocycles. The Hall–Kier alpha value is -1.86. The molecule has 2 saturated heterocycles. The molecule has 0 aliphatic carbocycles. The zero-order chi connectivity index (χ0) is 18.3. The first-order valence-corrected chi connectivity index (χ1v) is 10.7. The van der Waals surface area contributed by atoms with Crippen molar-refractivity contribution in [2.45, 2.75) is 37.1 Å². The van der Waals surface area contributed by atoms with Crippen molar-refractivity contribution in [1.82, 2.24) is 9.80 Å². The molecule has 4 rings (SSSR count). The van der Waals surface area contributed by atoms with Crippen LogP contribution in [0.15, 0.2) is 34.1 Å². The Morgan fingerprint density at radius 3 is 2.58 bits per heavy atom. The van der Waals surface area contributed by atoms with Gasteiger partial charge in [-0.2, -0.15) is 0 Å². The van der Waals surface area contributed by atoms with Gasteiger partial charge in [0.05, 0.1) is 23.8 Å². The number of fused-ring (bicyclic) bond motifs is 1. The predicted octanol–water partition coefficient (Wildman–Crippen LogP) is 1.88. The number of piperidine rings is 1. The van der Waals surface area contributed by atoms with E-state index < -0.39 is 15.7 Å². The summed E-state index contributed by atoms with van der Waals surface area (Å²) in [6, 6.07) is 7.20. The minimum Gasteiger partial charge on any atom is -0.378 e. The highest BCUT2D eigenvalue weighted by Crippen LogP contribution is 2.43. The molecule has 0 N–H and O–H groups in total. The summed E-state index contributed by atoms with van der Waals surface area (Å²) in [7, 11) is -3.81. The van der Waals surface area contributed by atoms with Crippen molar-refractivity contribution in [1.29, 1.82) is 0 Å². The molecule has 6 nitrogen and oxygen atoms in total. The average Bonchev–Trinajstić information content (AvgIpc) is 2.90. The Balaban J connectivity index is 1.87. The number of sulfone groups is 1. The van der Waals surface area contributed by atoms with Gasteiger partial charge < -0.3 is 14.5 Å². The molecule has 1 aromatic carbocycles. The molecule has 140 valence electrons. The van der Waals surface area contributed by atoms with Gasteiger partial charge in [-0.25, -0.2) is 8.42 Å². The maximum Gasteiger partial charge on any atom is 0.268 e. The van der Waals surface area contributed by atoms with Crippen molar-refractivity contribution in [3.63, 3.8) is 0 Å². The van der Waals surface area contributed by atoms with Crippen molar-refractivity contribution < 1.29 is 17.9 Å². The van der Waals surface area contributed by atoms with Crippen LogP contribution in [0.2, 0.25) is 0 Å². The summed E-state index contributed by atoms with van der Waals surface area (Å²) in [5, 5.41) is 0. The van der Waals surface area contributed by atoms with Gasteiger partial charge in [-0.1, -0.05) is 18.2 Å². The van der Waals surface area contributed by atoms with E-state index in [9.17, 15) is 13.2 Å². The molecule has 1 aromatic rings. The van der Waals surface area contributed by atoms with Crippen LogP contribution < -0.4 is 0 Å². The topological polar surface area (TPSA) is 66.9 Å². The first-order valence-electron chi connectivity index (χ1n) is 9.24. The predicted molar refractivity (Wildman–Crippen MR) is 98.0 cm³/mol. The quantitative estimate of drug-likeness (QED) is 0.788. The third kappa shape index (κ3) is 2.74. The fraction of sp³-hybridized carbons (Fsp3) is 0.526. The third-order valence-corrected chi connectivity index (χ3v) is 7.34. The number of hydrogen-bond acceptors (Lipinski definition) is 5. The van der Waals surface area contributed by atoms with Crippen LogP contribution in [-0.4, -0.2) is 63.0 Å². The van der Waals surface area contributed by atoms with E-state index in [1.165, 1.54) is 0 Å². The molecule has 7 heteroatoms. The van der Waals surface area contributed by atoms with Crippen LogP contribution in [0.3, 0.4) is 0 Å². The Labute approximate surface area is 154 Å². The summed E-state index contributed by atoms with van der Waals surface area (Å²) in [5.74, 6) is -0.391. The van der Waals surface area contributed by atoms with E-state index in [-0.39, 0.29) is 15.8 Å². The second-order valence-corrected chi connectivity index (χ2v) is 8.98. The molecular weight excluding hydrogens is 352 g/mol. The standard InChI is InChI=1S/C19H24N2O4S/c1-14-6-4-5-9-21(14)17-15-7-2-3-8-16(15)26(23,24)18(17)19(22)20-10-12-25-13-11-20/h2-3,7-8,14H,4-6,9-13H2,1H3. The van der Waals surface area contributed by atoms with E-state index in [1.54, 1.807) is 17.0 Å². The van der Waals surface area contributed by atoms with Gasteiger partial charge in [-0.3, -0.25) is 4.79 Å². The minimum atomic E-state index is -3.81. The first-order chi connectivity index (χ1) is 12.5. The molecule has 1 atom stereocenters. The van der Waals surface area contributed by atoms with Gasteiger partial charge in [-0.15, -0.1) is 0 Å². The van der Waals surface area contributed by atoms with Crippen LogP contribution in [0.4, 0.5) is 0 Å². The van der Waals surface area contributed by atoms with Gasteiger partial charge in [0, 0.05) is 31.2 Å². The summed E-state index contributed by atoms with van der Waals surface area (Å²) < 4.78 is 31.8. The lowest BCUT2D eigenvalue weighted by Gasteiger charge is -2.37. The van der Waals surface area contributed by atoms with Crippen LogP contribution in [0.5, 0.6) is 0 Å². The van der Waals surface area contributed by atoms with Crippen molar-refractivity contribution in [2.75, 3.05) is 32.8 Å². The average molecular weight is 376 g/mol. The van der Waals surface area contributed by atoms with Crippen LogP contribution in [0, 0.1) is 0 Å². The number of carbonyl (C=O) groups is 1. The second kappa shape index (κ2) is 6.70. The van der Waals surface area contributed by atoms with Crippen LogP contribution in [0.1, 0.15) is 31.7 Å². The molecule has 3 heterocycles. The number of rotatable bonds is 2. The fourth-order valence-electron chi connectivity index (χ4n) is 4.10. The Bertz CT molecular complexity index is 856. The number of benzene rings is 1. The SMILES string of the molecule is CC1CCCCN1C1=C(C(=O)N2CCOCC2)S(=O)(=O)c2ccccc21. The summed E-state index contributed by atoms with van der Waals surface area (Å²) in [6.45, 7) is 4.63. The van der Waals surface area contributed by atoms with E-state index in [2.05, 4.69) is 11.8 Å². The molecule has 1 amide bonds. The Morgan fingerprint density at radius 1 is 1.12 bits per heavy atom. The number of carbonyl (C=O) groups excluding carboxylic acids is 1. The van der Waals surface area contributed by atoms with Gasteiger partial charge in [-0.05, 0) is 32.3 Å². The first kappa shape index (κ1) is 17.5. The van der Waals surface area contributed by atoms with E-state index in [4.69, 9.17) is 4.74 Å². The smallest absolute Gasteiger partial charge is 0.268 e. The molecule has 0 bridgehead atoms. The van der Waals surface area contributed by atoms with Crippen LogP contribution in [-0.2, 0) is 19.4 Å². The number of amides is 1. The summed E-state index contributed by atoms with van der Waals surface area (Å²) >= 11 is 0. The molecule has 26 heavy (non-hydrogen) atoms. The largest absolute Gasteiger partial charge is 0.378 e. The van der Waals surface area contributed by atoms with Gasteiger partial charge in [0.25, 0.3) is 5.91 Å². The van der Waals surface area contributed by atoms with Gasteiger partial charge in [0.2, 0.25) is 9.84 Å². The lowest BCUT2D eigenvalue weighted by Crippen LogP contribution is -2.43. The number of nitrogens with zero attached hydrogens (tertiary/aromatic N) is 2. The number of ether oxygens (including phenoxy) is 1. The summed E-state index contributed by atoms with van der Waals surface area (Å²) in [4.78, 5) is 17.2. The maximum atomic E-state index is 13.3. The van der Waals surface area contributed by atoms with Gasteiger partial charge in [0.15, 0.2) is 4.91 Å². The number of morpholine rings is 1. The molecular formula is C19H24N2O4S. The third-order valence-electron chi connectivity index (χ3n) is 5.50. The highest BCUT2D eigenvalue weighted by atomic mass is 32.2. The molecule has 0 saturated carbocycles. The zero-order valence-electron chi connectivity index (χ0n) is 15.0. The normalized spacial score (nSPS) is 25.3. The monoisotopic (exact) mass is 376 g/mol. The molecule has 1 unspecified atom stereocenters. The van der Waals surface area contributed by atoms with Crippen molar-refractivity contribution >= 4 is 21.4 Å². The van der Waals surface area contributed by atoms with Crippen molar-refractivity contribution in [2.24, 2.45) is 0 Å². The molecule has 0 radical (unpaired) electrons. The Morgan fingerprint density at radius 2 is 1.85 bits per heavy atom. The molecule has 2 fully saturated rings. The summed E-state index contributed by atoms with van der Waals surface area (Å²) in [6.07, 6.45) is 3.14. The van der Waals surface area contributed by atoms with Gasteiger partial charge >= 0.3 is 0 Å². The minimum absolute atomic E-state index is 0.0469. The summed E-state index contributed by atoms with van der Waals surface area (Å²) in [5.41, 5.74) is 1.27. The Kier molecular flexibility index (Phi) is 4.52. The van der Waals surface area contributed by atoms with Crippen molar-refractivity contribution in [3.05, 3.63) is 34.7 Å². The van der Waals surface area contributed by atoms with E-state index in [0.29, 0.717) is 37.6 Å². The highest BCUT2D eigenvalue weighted by molar-refractivity contribution is 7.97. The van der Waals surface area contributed by atoms with E-state index in [0.717, 1.165) is 25.8 Å². The van der Waals surface area contributed by atoms with Gasteiger partial charge in [0.1, 0.15) is 0 Å². The molecule has 3 aliphatic rings. The lowest BCUT2D eigenvalue weighted by molar-refractivity contribution is -0.130. The highest BCUT2D eigenvalue weighted by Gasteiger charge is 2.44. The zero-order valence-corrected chi connectivity index (χ0v) is 15.8. The van der Waals surface area contributed by atoms with Crippen molar-refractivity contribution in [3.8, 4) is 0 Å². The fourth-order valence-corrected chi connectivity index (χ4v) is 5.87. The maximum absolute atomic E-state index is 13.3. The number of likely N-dealkylation sites (tertiary alicyclic amines) is 1. The molecule has 0 spiro atoms. The van der Waals surface area contributed by atoms with Crippen LogP contribution >= 0.6 is 0 Å². The van der Waals surface area contributed by atoms with E-state index in [1.807, 2.05) is 12.1 Å². The van der Waals surface area contributed by atoms with E-state index >= 15 is 0 Å². The second-order valence-electron chi connectivity index (χ2n) is 7.12. The van der Waals surface area contributed by atoms with Crippen LogP contribution in [0.25, 0.3) is 5.70 Å². The number of hydrogen-bond donors (Lipinski definition) is 0.